The van der Waals surface area contributed by atoms with E-state index < -0.39 is 74.3 Å². The van der Waals surface area contributed by atoms with Crippen LogP contribution in [0.4, 0.5) is 4.79 Å². The molecule has 3 aliphatic heterocycles. The second-order valence-electron chi connectivity index (χ2n) is 16.8. The zero-order valence-corrected chi connectivity index (χ0v) is 35.0. The number of nitrogens with zero attached hydrogens (tertiary/aromatic N) is 2. The van der Waals surface area contributed by atoms with E-state index in [1.54, 1.807) is 39.3 Å². The van der Waals surface area contributed by atoms with Crippen LogP contribution in [0.15, 0.2) is 36.5 Å². The highest BCUT2D eigenvalue weighted by Gasteiger charge is 2.63. The molecule has 2 aromatic rings. The third-order valence-corrected chi connectivity index (χ3v) is 14.4. The highest BCUT2D eigenvalue weighted by molar-refractivity contribution is 7.91. The van der Waals surface area contributed by atoms with Crippen molar-refractivity contribution < 1.29 is 56.0 Å². The molecule has 3 N–H and O–H groups in total. The number of alkyl carbamates (subject to hydrolysis) is 1. The van der Waals surface area contributed by atoms with E-state index >= 15 is 0 Å². The fourth-order valence-corrected chi connectivity index (χ4v) is 9.40. The molecule has 2 saturated heterocycles. The summed E-state index contributed by atoms with van der Waals surface area (Å²) in [7, 11) is -0.893. The first-order valence-electron chi connectivity index (χ1n) is 20.3. The van der Waals surface area contributed by atoms with Gasteiger partial charge in [-0.15, -0.1) is 0 Å². The molecule has 7 rings (SSSR count). The number of benzene rings is 1. The van der Waals surface area contributed by atoms with Crippen molar-refractivity contribution in [1.29, 1.82) is 0 Å². The van der Waals surface area contributed by atoms with Gasteiger partial charge in [0.2, 0.25) is 27.7 Å². The van der Waals surface area contributed by atoms with Crippen LogP contribution in [0.25, 0.3) is 10.8 Å². The van der Waals surface area contributed by atoms with Crippen molar-refractivity contribution in [1.82, 2.24) is 25.2 Å². The minimum absolute atomic E-state index is 0.00106. The third-order valence-electron chi connectivity index (χ3n) is 12.2. The van der Waals surface area contributed by atoms with E-state index in [1.165, 1.54) is 11.1 Å². The van der Waals surface area contributed by atoms with Gasteiger partial charge in [-0.05, 0) is 75.5 Å². The number of amides is 4. The number of aromatic nitrogens is 1. The molecule has 0 bridgehead atoms. The molecule has 7 atom stereocenters. The zero-order chi connectivity index (χ0) is 42.1. The molecular formula is C41H55N5O12S. The van der Waals surface area contributed by atoms with Gasteiger partial charge in [0, 0.05) is 30.2 Å². The summed E-state index contributed by atoms with van der Waals surface area (Å²) in [6.45, 7) is 6.61. The van der Waals surface area contributed by atoms with Crippen LogP contribution in [0.5, 0.6) is 17.4 Å². The number of methoxy groups -OCH3 is 2. The average molecular weight is 842 g/mol. The first kappa shape index (κ1) is 42.4. The second kappa shape index (κ2) is 17.1. The van der Waals surface area contributed by atoms with E-state index in [4.69, 9.17) is 28.4 Å². The Morgan fingerprint density at radius 1 is 1.07 bits per heavy atom. The highest BCUT2D eigenvalue weighted by atomic mass is 32.2. The normalized spacial score (nSPS) is 29.9. The maximum absolute atomic E-state index is 14.9. The van der Waals surface area contributed by atoms with E-state index in [0.717, 1.165) is 6.42 Å². The number of ether oxygens (including phenoxy) is 6. The van der Waals surface area contributed by atoms with Crippen LogP contribution in [0.2, 0.25) is 0 Å². The van der Waals surface area contributed by atoms with Gasteiger partial charge in [-0.25, -0.2) is 18.2 Å². The number of allylic oxidation sites excluding steroid dienone is 1. The van der Waals surface area contributed by atoms with Crippen LogP contribution in [0, 0.1) is 17.8 Å². The predicted octanol–water partition coefficient (Wildman–Crippen LogP) is 3.00. The number of sulfonamides is 1. The lowest BCUT2D eigenvalue weighted by molar-refractivity contribution is -0.142. The molecule has 17 nitrogen and oxygen atoms in total. The Kier molecular flexibility index (Phi) is 12.3. The number of hydrogen-bond acceptors (Lipinski definition) is 13. The third kappa shape index (κ3) is 9.09. The van der Waals surface area contributed by atoms with Gasteiger partial charge in [-0.2, -0.15) is 0 Å². The van der Waals surface area contributed by atoms with Crippen molar-refractivity contribution in [2.45, 2.75) is 100 Å². The highest BCUT2D eigenvalue weighted by Crippen LogP contribution is 2.48. The van der Waals surface area contributed by atoms with Gasteiger partial charge in [-0.1, -0.05) is 26.0 Å². The summed E-state index contributed by atoms with van der Waals surface area (Å²) in [5, 5.41) is 6.96. The van der Waals surface area contributed by atoms with E-state index in [-0.39, 0.29) is 56.9 Å². The van der Waals surface area contributed by atoms with Crippen molar-refractivity contribution in [2.75, 3.05) is 47.2 Å². The zero-order valence-electron chi connectivity index (χ0n) is 34.2. The molecule has 1 aromatic heterocycles. The van der Waals surface area contributed by atoms with Gasteiger partial charge in [0.25, 0.3) is 5.91 Å². The lowest BCUT2D eigenvalue weighted by atomic mass is 9.88. The van der Waals surface area contributed by atoms with Gasteiger partial charge >= 0.3 is 6.09 Å². The Morgan fingerprint density at radius 2 is 1.85 bits per heavy atom. The molecule has 4 fully saturated rings. The van der Waals surface area contributed by atoms with Crippen molar-refractivity contribution in [2.24, 2.45) is 17.8 Å². The van der Waals surface area contributed by atoms with Crippen molar-refractivity contribution in [3.63, 3.8) is 0 Å². The molecule has 4 heterocycles. The minimum Gasteiger partial charge on any atom is -0.497 e. The molecule has 59 heavy (non-hydrogen) atoms. The lowest BCUT2D eigenvalue weighted by Gasteiger charge is -2.33. The molecule has 1 aromatic carbocycles. The van der Waals surface area contributed by atoms with Crippen LogP contribution in [-0.4, -0.2) is 124 Å². The smallest absolute Gasteiger partial charge is 0.408 e. The predicted molar refractivity (Wildman–Crippen MR) is 213 cm³/mol. The van der Waals surface area contributed by atoms with Gasteiger partial charge in [0.05, 0.1) is 44.4 Å². The maximum Gasteiger partial charge on any atom is 0.408 e. The van der Waals surface area contributed by atoms with Crippen LogP contribution < -0.4 is 29.6 Å². The van der Waals surface area contributed by atoms with Crippen molar-refractivity contribution in [3.8, 4) is 17.4 Å². The number of nitrogens with one attached hydrogen (secondary N) is 3. The molecule has 2 aliphatic carbocycles. The van der Waals surface area contributed by atoms with Crippen LogP contribution in [0.3, 0.4) is 0 Å². The molecule has 4 amide bonds. The van der Waals surface area contributed by atoms with Crippen LogP contribution in [0.1, 0.15) is 65.7 Å². The number of pyridine rings is 1. The van der Waals surface area contributed by atoms with Crippen LogP contribution >= 0.6 is 0 Å². The molecule has 322 valence electrons. The SMILES string of the molecule is COCCOc1cnc(O[C@@H]2C[C@H]3C(=O)N[C@]4(C(=O)NS(=O)(=O)C5(C)CC5)C[C@H]4/C=C\CC[C@@H](C)C[C@@H](C)[C@H](NC(=O)OC4COC4)C(=O)N3C2)c2ccc(OC)cc12. The van der Waals surface area contributed by atoms with Gasteiger partial charge < -0.3 is 44.0 Å². The molecule has 0 radical (unpaired) electrons. The number of carbonyl (C=O) groups is 4. The van der Waals surface area contributed by atoms with Crippen molar-refractivity contribution >= 4 is 44.6 Å². The standard InChI is InChI=1S/C41H55N5O12S/c1-24-8-6-7-9-26-19-41(26,38(49)45-59(51,52)40(3)12-13-40)44-35(47)32-18-28(21-46(32)37(48)34(25(2)16-24)43-39(50)58-29-22-55-23-29)57-36-30-11-10-27(54-5)17-31(30)33(20-42-36)56-15-14-53-4/h7,9-11,17,20,24-26,28-29,32,34H,6,8,12-16,18-19,21-23H2,1-5H3,(H,43,50)(H,44,47)(H,45,49)/b9-7-/t24-,25-,26-,28-,32+,34+,41-/m1/s1. The van der Waals surface area contributed by atoms with E-state index in [1.807, 2.05) is 19.1 Å². The summed E-state index contributed by atoms with van der Waals surface area (Å²) >= 11 is 0. The molecule has 18 heteroatoms. The maximum atomic E-state index is 14.9. The summed E-state index contributed by atoms with van der Waals surface area (Å²) in [6.07, 6.45) is 6.38. The molecule has 0 spiro atoms. The lowest BCUT2D eigenvalue weighted by Crippen LogP contribution is -2.59. The molecule has 0 unspecified atom stereocenters. The number of carbonyl (C=O) groups excluding carboxylic acids is 4. The Bertz CT molecular complexity index is 2070. The second-order valence-corrected chi connectivity index (χ2v) is 19.0. The minimum atomic E-state index is -4.02. The number of fused-ring (bicyclic) bond motifs is 3. The number of rotatable bonds is 12. The first-order chi connectivity index (χ1) is 28.2. The van der Waals surface area contributed by atoms with Crippen molar-refractivity contribution in [3.05, 3.63) is 36.5 Å². The summed E-state index contributed by atoms with van der Waals surface area (Å²) in [5.74, 6) is -1.41. The Morgan fingerprint density at radius 3 is 2.54 bits per heavy atom. The molecule has 2 saturated carbocycles. The topological polar surface area (TPSA) is 210 Å². The largest absolute Gasteiger partial charge is 0.497 e. The quantitative estimate of drug-likeness (QED) is 0.208. The fourth-order valence-electron chi connectivity index (χ4n) is 8.09. The average Bonchev–Trinajstić information content (AvgIpc) is 4.07. The Balaban J connectivity index is 1.21. The summed E-state index contributed by atoms with van der Waals surface area (Å²) in [6, 6.07) is 3.09. The number of hydrogen-bond donors (Lipinski definition) is 3. The van der Waals surface area contributed by atoms with E-state index in [9.17, 15) is 27.6 Å². The Labute approximate surface area is 344 Å². The monoisotopic (exact) mass is 841 g/mol. The van der Waals surface area contributed by atoms with Gasteiger partial charge in [0.1, 0.15) is 41.8 Å². The summed E-state index contributed by atoms with van der Waals surface area (Å²) in [4.78, 5) is 62.6. The van der Waals surface area contributed by atoms with E-state index in [2.05, 4.69) is 27.3 Å². The fraction of sp³-hybridized carbons (Fsp3) is 0.634. The summed E-state index contributed by atoms with van der Waals surface area (Å²) < 4.78 is 61.5. The van der Waals surface area contributed by atoms with E-state index in [0.29, 0.717) is 54.6 Å². The molecular weight excluding hydrogens is 787 g/mol. The Hall–Kier alpha value is -4.68. The van der Waals surface area contributed by atoms with Gasteiger partial charge in [-0.3, -0.25) is 19.1 Å². The summed E-state index contributed by atoms with van der Waals surface area (Å²) in [5.41, 5.74) is -1.56. The molecule has 5 aliphatic rings. The first-order valence-corrected chi connectivity index (χ1v) is 21.8. The van der Waals surface area contributed by atoms with Gasteiger partial charge in [0.15, 0.2) is 6.10 Å². The van der Waals surface area contributed by atoms with Crippen LogP contribution in [-0.2, 0) is 38.6 Å².